The summed E-state index contributed by atoms with van der Waals surface area (Å²) in [6, 6.07) is 0. The van der Waals surface area contributed by atoms with E-state index in [2.05, 4.69) is 12.2 Å². The Labute approximate surface area is 101 Å². The summed E-state index contributed by atoms with van der Waals surface area (Å²) < 4.78 is 0. The number of hydrogen-bond acceptors (Lipinski definition) is 3. The minimum atomic E-state index is -1.16. The SMILES string of the molecule is CC1CCCC(CO)(NC(=O)C=CC(=O)O)C1. The zero-order valence-corrected chi connectivity index (χ0v) is 9.98. The van der Waals surface area contributed by atoms with Gasteiger partial charge in [0.1, 0.15) is 0 Å². The third kappa shape index (κ3) is 4.19. The summed E-state index contributed by atoms with van der Waals surface area (Å²) in [6.07, 6.45) is 5.32. The normalized spacial score (nSPS) is 29.2. The highest BCUT2D eigenvalue weighted by Crippen LogP contribution is 2.31. The number of aliphatic hydroxyl groups is 1. The van der Waals surface area contributed by atoms with E-state index in [0.717, 1.165) is 37.8 Å². The van der Waals surface area contributed by atoms with Crippen molar-refractivity contribution in [1.82, 2.24) is 5.32 Å². The van der Waals surface area contributed by atoms with Gasteiger partial charge in [-0.1, -0.05) is 19.8 Å². The Balaban J connectivity index is 2.62. The van der Waals surface area contributed by atoms with Crippen LogP contribution in [0.2, 0.25) is 0 Å². The van der Waals surface area contributed by atoms with Crippen molar-refractivity contribution in [2.75, 3.05) is 6.61 Å². The Morgan fingerprint density at radius 2 is 2.18 bits per heavy atom. The molecule has 1 aliphatic carbocycles. The summed E-state index contributed by atoms with van der Waals surface area (Å²) in [5, 5.41) is 20.6. The zero-order valence-electron chi connectivity index (χ0n) is 9.98. The standard InChI is InChI=1S/C12H19NO4/c1-9-3-2-6-12(7-9,8-14)13-10(15)4-5-11(16)17/h4-5,9,14H,2-3,6-8H2,1H3,(H,13,15)(H,16,17). The van der Waals surface area contributed by atoms with Gasteiger partial charge in [0, 0.05) is 12.2 Å². The van der Waals surface area contributed by atoms with E-state index in [1.807, 2.05) is 0 Å². The van der Waals surface area contributed by atoms with Crippen LogP contribution in [0.3, 0.4) is 0 Å². The molecule has 2 atom stereocenters. The molecule has 1 aliphatic rings. The highest BCUT2D eigenvalue weighted by atomic mass is 16.4. The van der Waals surface area contributed by atoms with Crippen LogP contribution in [0.4, 0.5) is 0 Å². The first kappa shape index (κ1) is 13.7. The van der Waals surface area contributed by atoms with Crippen LogP contribution in [0.15, 0.2) is 12.2 Å². The highest BCUT2D eigenvalue weighted by Gasteiger charge is 2.35. The van der Waals surface area contributed by atoms with Gasteiger partial charge in [-0.15, -0.1) is 0 Å². The lowest BCUT2D eigenvalue weighted by atomic mass is 9.77. The van der Waals surface area contributed by atoms with Crippen molar-refractivity contribution < 1.29 is 19.8 Å². The first-order valence-electron chi connectivity index (χ1n) is 5.81. The smallest absolute Gasteiger partial charge is 0.328 e. The summed E-state index contributed by atoms with van der Waals surface area (Å²) in [5.41, 5.74) is -0.586. The number of carboxylic acid groups (broad SMARTS) is 1. The molecular formula is C12H19NO4. The van der Waals surface area contributed by atoms with Gasteiger partial charge < -0.3 is 15.5 Å². The zero-order chi connectivity index (χ0) is 12.9. The predicted octanol–water partition coefficient (Wildman–Crippen LogP) is 0.685. The third-order valence-corrected chi connectivity index (χ3v) is 3.16. The summed E-state index contributed by atoms with van der Waals surface area (Å²) in [7, 11) is 0. The fraction of sp³-hybridized carbons (Fsp3) is 0.667. The number of hydrogen-bond donors (Lipinski definition) is 3. The van der Waals surface area contributed by atoms with Gasteiger partial charge in [0.2, 0.25) is 5.91 Å². The molecule has 0 aromatic rings. The van der Waals surface area contributed by atoms with E-state index in [-0.39, 0.29) is 6.61 Å². The van der Waals surface area contributed by atoms with Gasteiger partial charge in [0.25, 0.3) is 0 Å². The maximum Gasteiger partial charge on any atom is 0.328 e. The molecule has 0 saturated heterocycles. The van der Waals surface area contributed by atoms with Crippen LogP contribution in [0.1, 0.15) is 32.6 Å². The molecule has 1 amide bonds. The lowest BCUT2D eigenvalue weighted by Crippen LogP contribution is -2.53. The lowest BCUT2D eigenvalue weighted by molar-refractivity contribution is -0.131. The maximum atomic E-state index is 11.5. The third-order valence-electron chi connectivity index (χ3n) is 3.16. The minimum absolute atomic E-state index is 0.107. The molecule has 0 spiro atoms. The molecule has 0 aromatic heterocycles. The topological polar surface area (TPSA) is 86.6 Å². The van der Waals surface area contributed by atoms with Gasteiger partial charge in [-0.3, -0.25) is 4.79 Å². The molecule has 96 valence electrons. The summed E-state index contributed by atoms with van der Waals surface area (Å²) in [6.45, 7) is 1.98. The average Bonchev–Trinajstić information content (AvgIpc) is 2.26. The van der Waals surface area contributed by atoms with E-state index >= 15 is 0 Å². The summed E-state index contributed by atoms with van der Waals surface area (Å²) in [4.78, 5) is 21.8. The van der Waals surface area contributed by atoms with Crippen LogP contribution < -0.4 is 5.32 Å². The van der Waals surface area contributed by atoms with Crippen molar-refractivity contribution in [2.45, 2.75) is 38.1 Å². The van der Waals surface area contributed by atoms with E-state index in [0.29, 0.717) is 5.92 Å². The van der Waals surface area contributed by atoms with Crippen molar-refractivity contribution in [1.29, 1.82) is 0 Å². The van der Waals surface area contributed by atoms with Crippen LogP contribution in [0, 0.1) is 5.92 Å². The second-order valence-electron chi connectivity index (χ2n) is 4.80. The number of carboxylic acids is 1. The Kier molecular flexibility index (Phi) is 4.69. The molecule has 1 saturated carbocycles. The number of aliphatic hydroxyl groups excluding tert-OH is 1. The van der Waals surface area contributed by atoms with Crippen molar-refractivity contribution in [2.24, 2.45) is 5.92 Å². The van der Waals surface area contributed by atoms with Gasteiger partial charge in [0.15, 0.2) is 0 Å². The van der Waals surface area contributed by atoms with Crippen LogP contribution in [-0.2, 0) is 9.59 Å². The molecule has 5 nitrogen and oxygen atoms in total. The molecule has 17 heavy (non-hydrogen) atoms. The van der Waals surface area contributed by atoms with E-state index < -0.39 is 17.4 Å². The molecule has 5 heteroatoms. The molecule has 1 rings (SSSR count). The minimum Gasteiger partial charge on any atom is -0.478 e. The largest absolute Gasteiger partial charge is 0.478 e. The van der Waals surface area contributed by atoms with Crippen molar-refractivity contribution >= 4 is 11.9 Å². The average molecular weight is 241 g/mol. The van der Waals surface area contributed by atoms with E-state index in [4.69, 9.17) is 5.11 Å². The first-order chi connectivity index (χ1) is 7.97. The molecule has 0 radical (unpaired) electrons. The van der Waals surface area contributed by atoms with Crippen molar-refractivity contribution in [3.63, 3.8) is 0 Å². The molecule has 2 unspecified atom stereocenters. The number of carbonyl (C=O) groups excluding carboxylic acids is 1. The Hall–Kier alpha value is -1.36. The monoisotopic (exact) mass is 241 g/mol. The van der Waals surface area contributed by atoms with Gasteiger partial charge >= 0.3 is 5.97 Å². The van der Waals surface area contributed by atoms with Gasteiger partial charge in [-0.2, -0.15) is 0 Å². The molecular weight excluding hydrogens is 222 g/mol. The number of carbonyl (C=O) groups is 2. The van der Waals surface area contributed by atoms with Crippen LogP contribution in [-0.4, -0.2) is 34.2 Å². The van der Waals surface area contributed by atoms with Crippen LogP contribution in [0.5, 0.6) is 0 Å². The first-order valence-corrected chi connectivity index (χ1v) is 5.81. The Morgan fingerprint density at radius 1 is 1.47 bits per heavy atom. The molecule has 0 heterocycles. The Bertz CT molecular complexity index is 326. The van der Waals surface area contributed by atoms with E-state index in [1.165, 1.54) is 0 Å². The molecule has 0 aliphatic heterocycles. The predicted molar refractivity (Wildman–Crippen MR) is 62.4 cm³/mol. The van der Waals surface area contributed by atoms with Crippen LogP contribution >= 0.6 is 0 Å². The van der Waals surface area contributed by atoms with E-state index in [1.54, 1.807) is 0 Å². The fourth-order valence-corrected chi connectivity index (χ4v) is 2.41. The summed E-state index contributed by atoms with van der Waals surface area (Å²) >= 11 is 0. The van der Waals surface area contributed by atoms with Crippen LogP contribution in [0.25, 0.3) is 0 Å². The number of rotatable bonds is 4. The molecule has 1 fully saturated rings. The maximum absolute atomic E-state index is 11.5. The van der Waals surface area contributed by atoms with Crippen molar-refractivity contribution in [3.05, 3.63) is 12.2 Å². The number of aliphatic carboxylic acids is 1. The second-order valence-corrected chi connectivity index (χ2v) is 4.80. The quantitative estimate of drug-likeness (QED) is 0.632. The number of amides is 1. The molecule has 3 N–H and O–H groups in total. The van der Waals surface area contributed by atoms with Crippen molar-refractivity contribution in [3.8, 4) is 0 Å². The summed E-state index contributed by atoms with van der Waals surface area (Å²) in [5.74, 6) is -1.16. The number of nitrogens with one attached hydrogen (secondary N) is 1. The highest BCUT2D eigenvalue weighted by molar-refractivity contribution is 5.94. The van der Waals surface area contributed by atoms with Gasteiger partial charge in [0.05, 0.1) is 12.1 Å². The fourth-order valence-electron chi connectivity index (χ4n) is 2.41. The molecule has 0 bridgehead atoms. The van der Waals surface area contributed by atoms with E-state index in [9.17, 15) is 14.7 Å². The van der Waals surface area contributed by atoms with Gasteiger partial charge in [-0.05, 0) is 18.8 Å². The molecule has 0 aromatic carbocycles. The lowest BCUT2D eigenvalue weighted by Gasteiger charge is -2.39. The Morgan fingerprint density at radius 3 is 2.71 bits per heavy atom. The second kappa shape index (κ2) is 5.82. The van der Waals surface area contributed by atoms with Gasteiger partial charge in [-0.25, -0.2) is 4.79 Å².